The second-order valence-electron chi connectivity index (χ2n) is 6.85. The van der Waals surface area contributed by atoms with Crippen molar-refractivity contribution in [3.05, 3.63) is 69.8 Å². The maximum absolute atomic E-state index is 12.5. The molecule has 0 fully saturated rings. The molecule has 4 rings (SSSR count). The summed E-state index contributed by atoms with van der Waals surface area (Å²) in [4.78, 5) is 14.0. The minimum atomic E-state index is -0.209. The number of halogens is 1. The highest BCUT2D eigenvalue weighted by Crippen LogP contribution is 2.40. The topological polar surface area (TPSA) is 46.1 Å². The molecular weight excluding hydrogens is 378 g/mol. The summed E-state index contributed by atoms with van der Waals surface area (Å²) in [5.41, 5.74) is 3.40. The molecule has 1 aromatic carbocycles. The van der Waals surface area contributed by atoms with Gasteiger partial charge in [0.1, 0.15) is 5.00 Å². The monoisotopic (exact) mass is 399 g/mol. The quantitative estimate of drug-likeness (QED) is 0.559. The van der Waals surface area contributed by atoms with Gasteiger partial charge in [-0.05, 0) is 74.6 Å². The van der Waals surface area contributed by atoms with Crippen molar-refractivity contribution < 1.29 is 4.79 Å². The molecule has 0 spiro atoms. The van der Waals surface area contributed by atoms with E-state index >= 15 is 0 Å². The molecule has 4 nitrogen and oxygen atoms in total. The van der Waals surface area contributed by atoms with Gasteiger partial charge in [-0.2, -0.15) is 0 Å². The second-order valence-corrected chi connectivity index (χ2v) is 8.37. The number of urea groups is 1. The van der Waals surface area contributed by atoms with Crippen molar-refractivity contribution in [1.82, 2.24) is 9.88 Å². The molecule has 2 aromatic heterocycles. The zero-order valence-electron chi connectivity index (χ0n) is 15.2. The van der Waals surface area contributed by atoms with Crippen molar-refractivity contribution in [3.63, 3.8) is 0 Å². The fourth-order valence-electron chi connectivity index (χ4n) is 3.65. The summed E-state index contributed by atoms with van der Waals surface area (Å²) < 4.78 is 2.16. The lowest BCUT2D eigenvalue weighted by atomic mass is 9.93. The second kappa shape index (κ2) is 7.79. The molecule has 0 bridgehead atoms. The minimum Gasteiger partial charge on any atom is -0.331 e. The summed E-state index contributed by atoms with van der Waals surface area (Å²) in [6, 6.07) is 10.9. The van der Waals surface area contributed by atoms with Crippen LogP contribution in [0.1, 0.15) is 41.8 Å². The van der Waals surface area contributed by atoms with E-state index in [1.165, 1.54) is 33.8 Å². The number of nitrogens with one attached hydrogen (secondary N) is 2. The number of thiophene rings is 1. The Morgan fingerprint density at radius 2 is 1.85 bits per heavy atom. The normalized spacial score (nSPS) is 14.4. The molecule has 1 aliphatic carbocycles. The number of fused-ring (bicyclic) bond motifs is 1. The first-order valence-electron chi connectivity index (χ1n) is 9.22. The van der Waals surface area contributed by atoms with Crippen molar-refractivity contribution in [2.75, 3.05) is 5.32 Å². The van der Waals surface area contributed by atoms with Crippen LogP contribution in [0.2, 0.25) is 5.02 Å². The summed E-state index contributed by atoms with van der Waals surface area (Å²) >= 11 is 7.76. The summed E-state index contributed by atoms with van der Waals surface area (Å²) in [6.45, 7) is 2.06. The Morgan fingerprint density at radius 3 is 2.59 bits per heavy atom. The predicted molar refractivity (Wildman–Crippen MR) is 112 cm³/mol. The van der Waals surface area contributed by atoms with Gasteiger partial charge >= 0.3 is 6.03 Å². The Labute approximate surface area is 168 Å². The molecule has 1 atom stereocenters. The lowest BCUT2D eigenvalue weighted by molar-refractivity contribution is 0.249. The number of hydrogen-bond donors (Lipinski definition) is 2. The van der Waals surface area contributed by atoms with Crippen LogP contribution in [0, 0.1) is 0 Å². The van der Waals surface area contributed by atoms with Gasteiger partial charge in [0.15, 0.2) is 0 Å². The molecule has 0 saturated heterocycles. The minimum absolute atomic E-state index is 0.0761. The Morgan fingerprint density at radius 1 is 1.15 bits per heavy atom. The van der Waals surface area contributed by atoms with Crippen LogP contribution in [0.3, 0.4) is 0 Å². The molecule has 6 heteroatoms. The fraction of sp³-hybridized carbons (Fsp3) is 0.286. The maximum atomic E-state index is 12.5. The van der Waals surface area contributed by atoms with Gasteiger partial charge in [-0.15, -0.1) is 11.3 Å². The Kier molecular flexibility index (Phi) is 5.23. The average molecular weight is 400 g/mol. The number of hydrogen-bond acceptors (Lipinski definition) is 2. The number of aryl methyl sites for hydroxylation is 1. The number of benzene rings is 1. The van der Waals surface area contributed by atoms with E-state index in [2.05, 4.69) is 34.5 Å². The molecule has 0 saturated carbocycles. The van der Waals surface area contributed by atoms with Crippen molar-refractivity contribution >= 4 is 34.7 Å². The number of aromatic nitrogens is 1. The summed E-state index contributed by atoms with van der Waals surface area (Å²) in [5.74, 6) is 0. The molecule has 1 aliphatic rings. The van der Waals surface area contributed by atoms with Crippen LogP contribution in [-0.4, -0.2) is 10.6 Å². The Bertz CT molecular complexity index is 931. The van der Waals surface area contributed by atoms with Crippen LogP contribution < -0.4 is 10.6 Å². The molecule has 3 aromatic rings. The van der Waals surface area contributed by atoms with Gasteiger partial charge in [0.2, 0.25) is 0 Å². The van der Waals surface area contributed by atoms with E-state index in [1.807, 2.05) is 23.5 Å². The lowest BCUT2D eigenvalue weighted by Gasteiger charge is -2.20. The summed E-state index contributed by atoms with van der Waals surface area (Å²) in [5, 5.41) is 7.86. The van der Waals surface area contributed by atoms with E-state index in [1.54, 1.807) is 24.3 Å². The van der Waals surface area contributed by atoms with Gasteiger partial charge in [-0.3, -0.25) is 0 Å². The Balaban J connectivity index is 1.57. The van der Waals surface area contributed by atoms with Crippen molar-refractivity contribution in [2.24, 2.45) is 0 Å². The molecule has 1 unspecified atom stereocenters. The molecule has 27 heavy (non-hydrogen) atoms. The van der Waals surface area contributed by atoms with E-state index in [0.29, 0.717) is 5.02 Å². The molecule has 2 heterocycles. The van der Waals surface area contributed by atoms with Crippen LogP contribution in [0.4, 0.5) is 10.5 Å². The van der Waals surface area contributed by atoms with E-state index in [4.69, 9.17) is 11.6 Å². The first-order chi connectivity index (χ1) is 13.1. The standard InChI is InChI=1S/C21H22ClN3OS/c1-14(23-21(26)24-16-10-8-15(22)9-11-16)19-17-6-2-3-7-18(17)27-20(19)25-12-4-5-13-25/h4-5,8-14H,2-3,6-7H2,1H3,(H2,23,24,26). The van der Waals surface area contributed by atoms with E-state index in [0.717, 1.165) is 18.5 Å². The number of anilines is 1. The average Bonchev–Trinajstić information content (AvgIpc) is 3.30. The van der Waals surface area contributed by atoms with Crippen LogP contribution in [-0.2, 0) is 12.8 Å². The molecule has 0 radical (unpaired) electrons. The van der Waals surface area contributed by atoms with Gasteiger partial charge in [-0.1, -0.05) is 11.6 Å². The third kappa shape index (κ3) is 3.89. The first-order valence-corrected chi connectivity index (χ1v) is 10.4. The van der Waals surface area contributed by atoms with Crippen LogP contribution in [0.15, 0.2) is 48.8 Å². The highest BCUT2D eigenvalue weighted by atomic mass is 35.5. The zero-order chi connectivity index (χ0) is 18.8. The number of rotatable bonds is 4. The van der Waals surface area contributed by atoms with Crippen molar-refractivity contribution in [1.29, 1.82) is 0 Å². The molecule has 2 N–H and O–H groups in total. The number of nitrogens with zero attached hydrogens (tertiary/aromatic N) is 1. The number of amides is 2. The van der Waals surface area contributed by atoms with Gasteiger partial charge in [0.25, 0.3) is 0 Å². The van der Waals surface area contributed by atoms with Crippen molar-refractivity contribution in [2.45, 2.75) is 38.6 Å². The molecule has 140 valence electrons. The van der Waals surface area contributed by atoms with Crippen molar-refractivity contribution in [3.8, 4) is 5.00 Å². The molecular formula is C21H22ClN3OS. The number of carbonyl (C=O) groups excluding carboxylic acids is 1. The highest BCUT2D eigenvalue weighted by molar-refractivity contribution is 7.15. The van der Waals surface area contributed by atoms with Crippen LogP contribution >= 0.6 is 22.9 Å². The third-order valence-corrected chi connectivity index (χ3v) is 6.49. The number of carbonyl (C=O) groups is 1. The third-order valence-electron chi connectivity index (χ3n) is 4.91. The van der Waals surface area contributed by atoms with E-state index in [9.17, 15) is 4.79 Å². The largest absolute Gasteiger partial charge is 0.331 e. The highest BCUT2D eigenvalue weighted by Gasteiger charge is 2.25. The SMILES string of the molecule is CC(NC(=O)Nc1ccc(Cl)cc1)c1c(-n2cccc2)sc2c1CCCC2. The van der Waals surface area contributed by atoms with Gasteiger partial charge < -0.3 is 15.2 Å². The zero-order valence-corrected chi connectivity index (χ0v) is 16.7. The smallest absolute Gasteiger partial charge is 0.319 e. The summed E-state index contributed by atoms with van der Waals surface area (Å²) in [6.07, 6.45) is 8.83. The molecule has 2 amide bonds. The summed E-state index contributed by atoms with van der Waals surface area (Å²) in [7, 11) is 0. The molecule has 0 aliphatic heterocycles. The van der Waals surface area contributed by atoms with Gasteiger partial charge in [0, 0.05) is 33.5 Å². The van der Waals surface area contributed by atoms with Gasteiger partial charge in [0.05, 0.1) is 6.04 Å². The maximum Gasteiger partial charge on any atom is 0.319 e. The van der Waals surface area contributed by atoms with Crippen LogP contribution in [0.25, 0.3) is 5.00 Å². The van der Waals surface area contributed by atoms with E-state index < -0.39 is 0 Å². The van der Waals surface area contributed by atoms with E-state index in [-0.39, 0.29) is 12.1 Å². The predicted octanol–water partition coefficient (Wildman–Crippen LogP) is 5.95. The fourth-order valence-corrected chi connectivity index (χ4v) is 5.23. The first kappa shape index (κ1) is 18.1. The lowest BCUT2D eigenvalue weighted by Crippen LogP contribution is -2.32. The van der Waals surface area contributed by atoms with Gasteiger partial charge in [-0.25, -0.2) is 4.79 Å². The Hall–Kier alpha value is -2.24. The van der Waals surface area contributed by atoms with Crippen LogP contribution in [0.5, 0.6) is 0 Å².